The van der Waals surface area contributed by atoms with Crippen molar-refractivity contribution in [3.63, 3.8) is 0 Å². The summed E-state index contributed by atoms with van der Waals surface area (Å²) in [6.07, 6.45) is 0.947. The molecule has 2 amide bonds. The van der Waals surface area contributed by atoms with Crippen molar-refractivity contribution in [1.29, 1.82) is 0 Å². The molecule has 0 fully saturated rings. The van der Waals surface area contributed by atoms with Crippen LogP contribution in [-0.4, -0.2) is 11.8 Å². The van der Waals surface area contributed by atoms with Crippen molar-refractivity contribution >= 4 is 23.2 Å². The molecule has 6 heteroatoms. The Kier molecular flexibility index (Phi) is 6.22. The highest BCUT2D eigenvalue weighted by molar-refractivity contribution is 5.96. The van der Waals surface area contributed by atoms with Crippen molar-refractivity contribution in [3.8, 4) is 0 Å². The lowest BCUT2D eigenvalue weighted by Crippen LogP contribution is -2.17. The lowest BCUT2D eigenvalue weighted by Gasteiger charge is -2.13. The minimum Gasteiger partial charge on any atom is -0.326 e. The zero-order valence-corrected chi connectivity index (χ0v) is 14.2. The van der Waals surface area contributed by atoms with E-state index in [2.05, 4.69) is 10.6 Å². The highest BCUT2D eigenvalue weighted by Gasteiger charge is 2.12. The predicted molar refractivity (Wildman–Crippen MR) is 93.4 cm³/mol. The molecule has 0 aliphatic carbocycles. The van der Waals surface area contributed by atoms with Gasteiger partial charge in [-0.05, 0) is 42.7 Å². The number of hydrogen-bond donors (Lipinski definition) is 2. The number of nitrogens with one attached hydrogen (secondary N) is 2. The number of anilines is 2. The summed E-state index contributed by atoms with van der Waals surface area (Å²) in [6, 6.07) is 8.27. The first-order valence-electron chi connectivity index (χ1n) is 8.04. The number of carbonyl (C=O) groups excluding carboxylic acids is 2. The van der Waals surface area contributed by atoms with Gasteiger partial charge in [0.1, 0.15) is 11.6 Å². The topological polar surface area (TPSA) is 58.2 Å². The van der Waals surface area contributed by atoms with Gasteiger partial charge in [0.2, 0.25) is 11.8 Å². The van der Waals surface area contributed by atoms with E-state index in [-0.39, 0.29) is 17.9 Å². The molecule has 2 aromatic carbocycles. The van der Waals surface area contributed by atoms with Gasteiger partial charge in [0.15, 0.2) is 0 Å². The van der Waals surface area contributed by atoms with Crippen LogP contribution < -0.4 is 10.6 Å². The smallest absolute Gasteiger partial charge is 0.228 e. The number of benzene rings is 2. The first kappa shape index (κ1) is 18.6. The van der Waals surface area contributed by atoms with Crippen LogP contribution in [0.3, 0.4) is 0 Å². The Balaban J connectivity index is 2.09. The Labute approximate surface area is 145 Å². The molecule has 0 saturated carbocycles. The molecule has 25 heavy (non-hydrogen) atoms. The second-order valence-corrected chi connectivity index (χ2v) is 5.74. The minimum absolute atomic E-state index is 0.0949. The van der Waals surface area contributed by atoms with Crippen molar-refractivity contribution in [1.82, 2.24) is 0 Å². The van der Waals surface area contributed by atoms with Crippen molar-refractivity contribution in [2.24, 2.45) is 0 Å². The average Bonchev–Trinajstić information content (AvgIpc) is 2.54. The Hall–Kier alpha value is -2.76. The molecule has 4 nitrogen and oxygen atoms in total. The zero-order chi connectivity index (χ0) is 18.4. The minimum atomic E-state index is -0.757. The normalized spacial score (nSPS) is 10.4. The SMILES string of the molecule is CCCC(=O)Nc1cccc(NC(=O)Cc2ccc(F)cc2F)c1C. The third-order valence-corrected chi connectivity index (χ3v) is 3.73. The van der Waals surface area contributed by atoms with Crippen LogP contribution >= 0.6 is 0 Å². The van der Waals surface area contributed by atoms with Crippen LogP contribution in [0.25, 0.3) is 0 Å². The summed E-state index contributed by atoms with van der Waals surface area (Å²) < 4.78 is 26.6. The van der Waals surface area contributed by atoms with E-state index in [9.17, 15) is 18.4 Å². The maximum Gasteiger partial charge on any atom is 0.228 e. The van der Waals surface area contributed by atoms with Gasteiger partial charge >= 0.3 is 0 Å². The van der Waals surface area contributed by atoms with Gasteiger partial charge < -0.3 is 10.6 Å². The Bertz CT molecular complexity index is 791. The molecule has 0 spiro atoms. The van der Waals surface area contributed by atoms with Gasteiger partial charge in [-0.2, -0.15) is 0 Å². The Morgan fingerprint density at radius 1 is 1.00 bits per heavy atom. The summed E-state index contributed by atoms with van der Waals surface area (Å²) in [5, 5.41) is 5.49. The molecule has 0 saturated heterocycles. The average molecular weight is 346 g/mol. The van der Waals surface area contributed by atoms with Gasteiger partial charge in [-0.1, -0.05) is 19.1 Å². The zero-order valence-electron chi connectivity index (χ0n) is 14.2. The van der Waals surface area contributed by atoms with E-state index in [0.29, 0.717) is 23.4 Å². The van der Waals surface area contributed by atoms with E-state index in [1.165, 1.54) is 6.07 Å². The standard InChI is InChI=1S/C19H20F2N2O2/c1-3-5-18(24)22-16-6-4-7-17(12(16)2)23-19(25)10-13-8-9-14(20)11-15(13)21/h4,6-9,11H,3,5,10H2,1-2H3,(H,22,24)(H,23,25). The molecule has 2 aromatic rings. The summed E-state index contributed by atoms with van der Waals surface area (Å²) in [7, 11) is 0. The van der Waals surface area contributed by atoms with Gasteiger partial charge in [-0.15, -0.1) is 0 Å². The molecule has 0 aliphatic rings. The van der Waals surface area contributed by atoms with Gasteiger partial charge in [-0.25, -0.2) is 8.78 Å². The highest BCUT2D eigenvalue weighted by atomic mass is 19.1. The number of rotatable bonds is 6. The van der Waals surface area contributed by atoms with E-state index in [1.807, 2.05) is 6.92 Å². The number of halogens is 2. The van der Waals surface area contributed by atoms with E-state index in [4.69, 9.17) is 0 Å². The first-order chi connectivity index (χ1) is 11.9. The molecule has 0 bridgehead atoms. The van der Waals surface area contributed by atoms with Crippen molar-refractivity contribution in [2.45, 2.75) is 33.1 Å². The van der Waals surface area contributed by atoms with Crippen LogP contribution in [0.4, 0.5) is 20.2 Å². The van der Waals surface area contributed by atoms with Crippen molar-refractivity contribution in [2.75, 3.05) is 10.6 Å². The molecule has 0 radical (unpaired) electrons. The second-order valence-electron chi connectivity index (χ2n) is 5.74. The van der Waals surface area contributed by atoms with Crippen LogP contribution in [0.2, 0.25) is 0 Å². The molecule has 0 heterocycles. The summed E-state index contributed by atoms with van der Waals surface area (Å²) in [5.74, 6) is -1.96. The third kappa shape index (κ3) is 5.11. The van der Waals surface area contributed by atoms with Gasteiger partial charge in [-0.3, -0.25) is 9.59 Å². The summed E-state index contributed by atoms with van der Waals surface area (Å²) in [5.41, 5.74) is 1.97. The van der Waals surface area contributed by atoms with Crippen LogP contribution in [0.5, 0.6) is 0 Å². The molecule has 0 atom stereocenters. The van der Waals surface area contributed by atoms with Crippen LogP contribution in [0.1, 0.15) is 30.9 Å². The highest BCUT2D eigenvalue weighted by Crippen LogP contribution is 2.24. The van der Waals surface area contributed by atoms with Crippen LogP contribution in [-0.2, 0) is 16.0 Å². The number of amides is 2. The maximum absolute atomic E-state index is 13.6. The van der Waals surface area contributed by atoms with Gasteiger partial charge in [0.25, 0.3) is 0 Å². The molecule has 2 rings (SSSR count). The molecule has 2 N–H and O–H groups in total. The van der Waals surface area contributed by atoms with Crippen LogP contribution in [0.15, 0.2) is 36.4 Å². The Morgan fingerprint density at radius 2 is 1.64 bits per heavy atom. The maximum atomic E-state index is 13.6. The van der Waals surface area contributed by atoms with Crippen molar-refractivity contribution < 1.29 is 18.4 Å². The van der Waals surface area contributed by atoms with E-state index < -0.39 is 17.5 Å². The van der Waals surface area contributed by atoms with E-state index >= 15 is 0 Å². The summed E-state index contributed by atoms with van der Waals surface area (Å²) >= 11 is 0. The second kappa shape index (κ2) is 8.37. The summed E-state index contributed by atoms with van der Waals surface area (Å²) in [6.45, 7) is 3.69. The monoisotopic (exact) mass is 346 g/mol. The van der Waals surface area contributed by atoms with Crippen LogP contribution in [0, 0.1) is 18.6 Å². The molecule has 0 unspecified atom stereocenters. The number of carbonyl (C=O) groups is 2. The molecular formula is C19H20F2N2O2. The largest absolute Gasteiger partial charge is 0.326 e. The van der Waals surface area contributed by atoms with E-state index in [0.717, 1.165) is 18.6 Å². The number of hydrogen-bond acceptors (Lipinski definition) is 2. The lowest BCUT2D eigenvalue weighted by molar-refractivity contribution is -0.116. The quantitative estimate of drug-likeness (QED) is 0.824. The molecular weight excluding hydrogens is 326 g/mol. The molecule has 0 aliphatic heterocycles. The lowest BCUT2D eigenvalue weighted by atomic mass is 10.1. The predicted octanol–water partition coefficient (Wildman–Crippen LogP) is 4.19. The molecule has 0 aromatic heterocycles. The third-order valence-electron chi connectivity index (χ3n) is 3.73. The Morgan fingerprint density at radius 3 is 2.24 bits per heavy atom. The fourth-order valence-electron chi connectivity index (χ4n) is 2.38. The van der Waals surface area contributed by atoms with E-state index in [1.54, 1.807) is 25.1 Å². The molecule has 132 valence electrons. The van der Waals surface area contributed by atoms with Crippen molar-refractivity contribution in [3.05, 3.63) is 59.2 Å². The fourth-order valence-corrected chi connectivity index (χ4v) is 2.38. The fraction of sp³-hybridized carbons (Fsp3) is 0.263. The van der Waals surface area contributed by atoms with Gasteiger partial charge in [0, 0.05) is 23.9 Å². The first-order valence-corrected chi connectivity index (χ1v) is 8.04. The van der Waals surface area contributed by atoms with Gasteiger partial charge in [0.05, 0.1) is 6.42 Å². The summed E-state index contributed by atoms with van der Waals surface area (Å²) in [4.78, 5) is 23.9.